The van der Waals surface area contributed by atoms with Gasteiger partial charge in [-0.05, 0) is 0 Å². The molecule has 0 aliphatic heterocycles. The maximum atomic E-state index is 8.51. The van der Waals surface area contributed by atoms with Crippen molar-refractivity contribution in [3.63, 3.8) is 0 Å². The van der Waals surface area contributed by atoms with Crippen molar-refractivity contribution < 1.29 is 0 Å². The highest BCUT2D eigenvalue weighted by Crippen LogP contribution is 2.09. The molecule has 1 aromatic heterocycles. The van der Waals surface area contributed by atoms with Crippen LogP contribution in [0.2, 0.25) is 0 Å². The Morgan fingerprint density at radius 3 is 1.14 bits per heavy atom. The lowest BCUT2D eigenvalue weighted by molar-refractivity contribution is 0.946. The first-order valence-electron chi connectivity index (χ1n) is 6.38. The van der Waals surface area contributed by atoms with Gasteiger partial charge < -0.3 is 16.0 Å². The van der Waals surface area contributed by atoms with Crippen LogP contribution < -0.4 is 16.0 Å². The molecular weight excluding hydrogens is 270 g/mol. The molecular formula is C12H15N9. The molecule has 0 atom stereocenters. The van der Waals surface area contributed by atoms with Crippen molar-refractivity contribution in [1.29, 1.82) is 15.8 Å². The van der Waals surface area contributed by atoms with E-state index in [1.165, 1.54) is 0 Å². The molecule has 1 heterocycles. The number of nitrogens with one attached hydrogen (secondary N) is 3. The molecule has 21 heavy (non-hydrogen) atoms. The van der Waals surface area contributed by atoms with Crippen LogP contribution in [0.5, 0.6) is 0 Å². The Hall–Kier alpha value is -3.12. The third kappa shape index (κ3) is 6.55. The van der Waals surface area contributed by atoms with E-state index in [0.29, 0.717) is 56.7 Å². The monoisotopic (exact) mass is 285 g/mol. The molecule has 0 bridgehead atoms. The smallest absolute Gasteiger partial charge is 0.229 e. The Balaban J connectivity index is 2.73. The maximum Gasteiger partial charge on any atom is 0.229 e. The Labute approximate surface area is 122 Å². The van der Waals surface area contributed by atoms with Crippen LogP contribution in [0.15, 0.2) is 0 Å². The van der Waals surface area contributed by atoms with Crippen molar-refractivity contribution in [1.82, 2.24) is 15.0 Å². The Morgan fingerprint density at radius 1 is 0.619 bits per heavy atom. The van der Waals surface area contributed by atoms with E-state index < -0.39 is 0 Å². The van der Waals surface area contributed by atoms with Crippen LogP contribution in [0.25, 0.3) is 0 Å². The zero-order valence-corrected chi connectivity index (χ0v) is 11.4. The van der Waals surface area contributed by atoms with Crippen LogP contribution in [0.1, 0.15) is 19.3 Å². The van der Waals surface area contributed by atoms with E-state index in [1.54, 1.807) is 0 Å². The third-order valence-electron chi connectivity index (χ3n) is 2.20. The molecule has 1 aromatic rings. The molecule has 9 nitrogen and oxygen atoms in total. The molecule has 0 spiro atoms. The first kappa shape index (κ1) is 15.9. The van der Waals surface area contributed by atoms with Gasteiger partial charge in [0.15, 0.2) is 0 Å². The second-order valence-corrected chi connectivity index (χ2v) is 3.81. The summed E-state index contributed by atoms with van der Waals surface area (Å²) in [6.45, 7) is 1.28. The number of hydrogen-bond donors (Lipinski definition) is 3. The van der Waals surface area contributed by atoms with Crippen molar-refractivity contribution in [3.8, 4) is 18.2 Å². The lowest BCUT2D eigenvalue weighted by atomic mass is 10.4. The van der Waals surface area contributed by atoms with Gasteiger partial charge in [-0.25, -0.2) is 0 Å². The Kier molecular flexibility index (Phi) is 7.41. The molecule has 0 radical (unpaired) electrons. The molecule has 0 saturated carbocycles. The average Bonchev–Trinajstić information content (AvgIpc) is 2.48. The molecule has 0 unspecified atom stereocenters. The minimum atomic E-state index is 0.333. The molecule has 9 heteroatoms. The zero-order chi connectivity index (χ0) is 15.3. The first-order valence-corrected chi connectivity index (χ1v) is 6.38. The minimum absolute atomic E-state index is 0.333. The van der Waals surface area contributed by atoms with Crippen molar-refractivity contribution >= 4 is 17.8 Å². The highest BCUT2D eigenvalue weighted by atomic mass is 15.3. The maximum absolute atomic E-state index is 8.51. The van der Waals surface area contributed by atoms with Gasteiger partial charge in [-0.3, -0.25) is 0 Å². The van der Waals surface area contributed by atoms with Crippen LogP contribution in [0.3, 0.4) is 0 Å². The summed E-state index contributed by atoms with van der Waals surface area (Å²) in [5, 5.41) is 34.3. The molecule has 0 aliphatic carbocycles. The standard InChI is InChI=1S/C12H15N9/c13-4-1-7-16-10-19-11(17-8-2-5-14)21-12(20-10)18-9-3-6-15/h1-3,7-9H2,(H3,16,17,18,19,20,21). The minimum Gasteiger partial charge on any atom is -0.353 e. The summed E-state index contributed by atoms with van der Waals surface area (Å²) in [4.78, 5) is 12.4. The molecule has 0 fully saturated rings. The number of aromatic nitrogens is 3. The quantitative estimate of drug-likeness (QED) is 0.561. The van der Waals surface area contributed by atoms with Gasteiger partial charge in [0.1, 0.15) is 0 Å². The highest BCUT2D eigenvalue weighted by molar-refractivity contribution is 5.42. The summed E-state index contributed by atoms with van der Waals surface area (Å²) in [5.41, 5.74) is 0. The average molecular weight is 285 g/mol. The number of nitrogens with zero attached hydrogens (tertiary/aromatic N) is 6. The van der Waals surface area contributed by atoms with E-state index in [0.717, 1.165) is 0 Å². The molecule has 0 saturated heterocycles. The van der Waals surface area contributed by atoms with Gasteiger partial charge in [0.05, 0.1) is 37.5 Å². The lowest BCUT2D eigenvalue weighted by Gasteiger charge is -2.09. The van der Waals surface area contributed by atoms with Crippen molar-refractivity contribution in [2.24, 2.45) is 0 Å². The van der Waals surface area contributed by atoms with Gasteiger partial charge in [0.2, 0.25) is 17.8 Å². The van der Waals surface area contributed by atoms with E-state index in [4.69, 9.17) is 15.8 Å². The van der Waals surface area contributed by atoms with Gasteiger partial charge >= 0.3 is 0 Å². The van der Waals surface area contributed by atoms with Crippen LogP contribution in [0, 0.1) is 34.0 Å². The number of rotatable bonds is 9. The van der Waals surface area contributed by atoms with Gasteiger partial charge in [-0.15, -0.1) is 0 Å². The summed E-state index contributed by atoms with van der Waals surface area (Å²) >= 11 is 0. The lowest BCUT2D eigenvalue weighted by Crippen LogP contribution is -2.13. The molecule has 0 aromatic carbocycles. The highest BCUT2D eigenvalue weighted by Gasteiger charge is 2.05. The van der Waals surface area contributed by atoms with E-state index in [9.17, 15) is 0 Å². The van der Waals surface area contributed by atoms with Gasteiger partial charge in [0.25, 0.3) is 0 Å². The van der Waals surface area contributed by atoms with Gasteiger partial charge in [0, 0.05) is 19.6 Å². The van der Waals surface area contributed by atoms with Crippen LogP contribution >= 0.6 is 0 Å². The second kappa shape index (κ2) is 9.76. The van der Waals surface area contributed by atoms with E-state index in [-0.39, 0.29) is 0 Å². The SMILES string of the molecule is N#CCCNc1nc(NCCC#N)nc(NCCC#N)n1. The van der Waals surface area contributed by atoms with E-state index >= 15 is 0 Å². The fourth-order valence-corrected chi connectivity index (χ4v) is 1.30. The molecule has 0 amide bonds. The Morgan fingerprint density at radius 2 is 0.905 bits per heavy atom. The normalized spacial score (nSPS) is 9.00. The van der Waals surface area contributed by atoms with Crippen molar-refractivity contribution in [2.45, 2.75) is 19.3 Å². The van der Waals surface area contributed by atoms with E-state index in [2.05, 4.69) is 30.9 Å². The molecule has 108 valence electrons. The topological polar surface area (TPSA) is 146 Å². The molecule has 0 aliphatic rings. The fourth-order valence-electron chi connectivity index (χ4n) is 1.30. The van der Waals surface area contributed by atoms with E-state index in [1.807, 2.05) is 18.2 Å². The summed E-state index contributed by atoms with van der Waals surface area (Å²) < 4.78 is 0. The molecule has 1 rings (SSSR count). The van der Waals surface area contributed by atoms with Gasteiger partial charge in [-0.2, -0.15) is 30.7 Å². The third-order valence-corrected chi connectivity index (χ3v) is 2.20. The summed E-state index contributed by atoms with van der Waals surface area (Å²) in [6.07, 6.45) is 1.00. The second-order valence-electron chi connectivity index (χ2n) is 3.81. The summed E-state index contributed by atoms with van der Waals surface area (Å²) in [6, 6.07) is 6.04. The predicted molar refractivity (Wildman–Crippen MR) is 76.0 cm³/mol. The van der Waals surface area contributed by atoms with Crippen LogP contribution in [-0.2, 0) is 0 Å². The zero-order valence-electron chi connectivity index (χ0n) is 11.4. The van der Waals surface area contributed by atoms with Crippen molar-refractivity contribution in [2.75, 3.05) is 35.6 Å². The summed E-state index contributed by atoms with van der Waals surface area (Å²) in [7, 11) is 0. The van der Waals surface area contributed by atoms with Crippen LogP contribution in [-0.4, -0.2) is 34.6 Å². The van der Waals surface area contributed by atoms with Crippen molar-refractivity contribution in [3.05, 3.63) is 0 Å². The predicted octanol–water partition coefficient (Wildman–Crippen LogP) is 0.848. The van der Waals surface area contributed by atoms with Gasteiger partial charge in [-0.1, -0.05) is 0 Å². The molecule has 3 N–H and O–H groups in total. The van der Waals surface area contributed by atoms with Crippen LogP contribution in [0.4, 0.5) is 17.8 Å². The Bertz CT molecular complexity index is 470. The number of hydrogen-bond acceptors (Lipinski definition) is 9. The fraction of sp³-hybridized carbons (Fsp3) is 0.500. The first-order chi connectivity index (χ1) is 10.3. The largest absolute Gasteiger partial charge is 0.353 e. The number of anilines is 3. The summed E-state index contributed by atoms with van der Waals surface area (Å²) in [5.74, 6) is 0.998. The number of nitriles is 3.